The minimum absolute atomic E-state index is 0. The molecule has 2 heterocycles. The quantitative estimate of drug-likeness (QED) is 0.775. The molecule has 1 aliphatic heterocycles. The Labute approximate surface area is 173 Å². The predicted molar refractivity (Wildman–Crippen MR) is 112 cm³/mol. The zero-order valence-corrected chi connectivity index (χ0v) is 17.3. The molecule has 2 unspecified atom stereocenters. The lowest BCUT2D eigenvalue weighted by atomic mass is 9.98. The second kappa shape index (κ2) is 9.37. The van der Waals surface area contributed by atoms with Crippen LogP contribution in [0.5, 0.6) is 0 Å². The first-order chi connectivity index (χ1) is 12.7. The third kappa shape index (κ3) is 5.02. The van der Waals surface area contributed by atoms with Crippen LogP contribution in [-0.4, -0.2) is 35.0 Å². The van der Waals surface area contributed by atoms with E-state index >= 15 is 0 Å². The molecule has 8 heteroatoms. The van der Waals surface area contributed by atoms with Crippen molar-refractivity contribution in [2.45, 2.75) is 37.8 Å². The van der Waals surface area contributed by atoms with Crippen molar-refractivity contribution in [3.8, 4) is 10.6 Å². The number of nitrogens with one attached hydrogen (secondary N) is 2. The molecule has 0 bridgehead atoms. The lowest BCUT2D eigenvalue weighted by Crippen LogP contribution is -2.42. The highest BCUT2D eigenvalue weighted by molar-refractivity contribution is 7.99. The van der Waals surface area contributed by atoms with Crippen molar-refractivity contribution in [3.05, 3.63) is 40.7 Å². The number of nitrogens with zero attached hydrogens (tertiary/aromatic N) is 1. The van der Waals surface area contributed by atoms with E-state index in [9.17, 15) is 9.18 Å². The predicted octanol–water partition coefficient (Wildman–Crippen LogP) is 3.96. The molecular formula is C19H23ClFN3OS2. The summed E-state index contributed by atoms with van der Waals surface area (Å²) in [5.41, 5.74) is 2.01. The molecule has 4 nitrogen and oxygen atoms in total. The van der Waals surface area contributed by atoms with E-state index in [1.807, 2.05) is 11.8 Å². The summed E-state index contributed by atoms with van der Waals surface area (Å²) < 4.78 is 13.2. The number of aryl methyl sites for hydroxylation is 1. The number of hydrogen-bond acceptors (Lipinski definition) is 5. The van der Waals surface area contributed by atoms with Gasteiger partial charge in [0.1, 0.15) is 10.8 Å². The number of fused-ring (bicyclic) bond motifs is 1. The molecule has 1 amide bonds. The van der Waals surface area contributed by atoms with Gasteiger partial charge in [0, 0.05) is 36.1 Å². The smallest absolute Gasteiger partial charge is 0.222 e. The lowest BCUT2D eigenvalue weighted by Gasteiger charge is -2.26. The minimum Gasteiger partial charge on any atom is -0.348 e. The fourth-order valence-corrected chi connectivity index (χ4v) is 5.65. The number of thioether (sulfide) groups is 1. The van der Waals surface area contributed by atoms with Gasteiger partial charge in [-0.15, -0.1) is 23.7 Å². The number of halogens is 2. The molecule has 0 spiro atoms. The number of carbonyl (C=O) groups is 1. The third-order valence-electron chi connectivity index (χ3n) is 4.81. The van der Waals surface area contributed by atoms with Crippen LogP contribution in [0, 0.1) is 5.82 Å². The van der Waals surface area contributed by atoms with Gasteiger partial charge >= 0.3 is 0 Å². The van der Waals surface area contributed by atoms with Crippen molar-refractivity contribution < 1.29 is 9.18 Å². The molecule has 4 rings (SSSR count). The van der Waals surface area contributed by atoms with Gasteiger partial charge in [0.15, 0.2) is 0 Å². The van der Waals surface area contributed by atoms with Crippen LogP contribution in [0.3, 0.4) is 0 Å². The molecule has 1 saturated heterocycles. The lowest BCUT2D eigenvalue weighted by molar-refractivity contribution is -0.122. The maximum atomic E-state index is 13.2. The van der Waals surface area contributed by atoms with Gasteiger partial charge in [-0.25, -0.2) is 9.37 Å². The van der Waals surface area contributed by atoms with Gasteiger partial charge < -0.3 is 10.6 Å². The number of rotatable bonds is 4. The molecule has 2 N–H and O–H groups in total. The Morgan fingerprint density at radius 2 is 2.15 bits per heavy atom. The topological polar surface area (TPSA) is 54.0 Å². The highest BCUT2D eigenvalue weighted by atomic mass is 35.5. The van der Waals surface area contributed by atoms with Crippen LogP contribution in [0.15, 0.2) is 24.3 Å². The highest BCUT2D eigenvalue weighted by Gasteiger charge is 2.27. The molecule has 146 valence electrons. The minimum atomic E-state index is -0.241. The van der Waals surface area contributed by atoms with Crippen molar-refractivity contribution in [1.82, 2.24) is 15.6 Å². The summed E-state index contributed by atoms with van der Waals surface area (Å²) in [6.45, 7) is 0.978. The average Bonchev–Trinajstić information content (AvgIpc) is 3.08. The first-order valence-corrected chi connectivity index (χ1v) is 11.0. The van der Waals surface area contributed by atoms with E-state index in [1.165, 1.54) is 12.1 Å². The van der Waals surface area contributed by atoms with Crippen LogP contribution in [-0.2, 0) is 11.2 Å². The number of thiazole rings is 1. The molecule has 2 aliphatic rings. The van der Waals surface area contributed by atoms with E-state index < -0.39 is 0 Å². The summed E-state index contributed by atoms with van der Waals surface area (Å²) in [5.74, 6) is 1.99. The van der Waals surface area contributed by atoms with E-state index in [1.54, 1.807) is 23.5 Å². The molecule has 27 heavy (non-hydrogen) atoms. The molecule has 2 aromatic rings. The van der Waals surface area contributed by atoms with Gasteiger partial charge in [0.2, 0.25) is 5.91 Å². The molecule has 0 saturated carbocycles. The maximum absolute atomic E-state index is 13.2. The van der Waals surface area contributed by atoms with Crippen molar-refractivity contribution >= 4 is 41.4 Å². The number of carbonyl (C=O) groups excluding carboxylic acids is 1. The van der Waals surface area contributed by atoms with Crippen LogP contribution in [0.25, 0.3) is 10.6 Å². The first-order valence-electron chi connectivity index (χ1n) is 9.05. The maximum Gasteiger partial charge on any atom is 0.222 e. The second-order valence-corrected chi connectivity index (χ2v) is 8.96. The van der Waals surface area contributed by atoms with Crippen LogP contribution >= 0.6 is 35.5 Å². The Balaban J connectivity index is 0.00000210. The monoisotopic (exact) mass is 427 g/mol. The normalized spacial score (nSPS) is 21.8. The van der Waals surface area contributed by atoms with E-state index in [0.29, 0.717) is 6.42 Å². The summed E-state index contributed by atoms with van der Waals surface area (Å²) in [6.07, 6.45) is 3.46. The molecule has 1 aliphatic carbocycles. The highest BCUT2D eigenvalue weighted by Crippen LogP contribution is 2.38. The summed E-state index contributed by atoms with van der Waals surface area (Å²) in [7, 11) is 0. The Hall–Kier alpha value is -1.15. The van der Waals surface area contributed by atoms with Gasteiger partial charge in [-0.05, 0) is 43.5 Å². The van der Waals surface area contributed by atoms with Gasteiger partial charge in [-0.3, -0.25) is 4.79 Å². The zero-order chi connectivity index (χ0) is 17.9. The molecule has 0 radical (unpaired) electrons. The zero-order valence-electron chi connectivity index (χ0n) is 14.9. The SMILES string of the molecule is Cl.O=C(CC1CSCCN1)NC1CCCc2nc(-c3ccc(F)cc3)sc21. The molecular weight excluding hydrogens is 405 g/mol. The largest absolute Gasteiger partial charge is 0.348 e. The fourth-order valence-electron chi connectivity index (χ4n) is 3.50. The molecule has 1 aromatic carbocycles. The van der Waals surface area contributed by atoms with E-state index in [-0.39, 0.29) is 36.2 Å². The van der Waals surface area contributed by atoms with E-state index in [4.69, 9.17) is 4.98 Å². The Morgan fingerprint density at radius 3 is 2.89 bits per heavy atom. The first kappa shape index (κ1) is 20.6. The summed E-state index contributed by atoms with van der Waals surface area (Å²) in [6, 6.07) is 6.77. The molecule has 1 aromatic heterocycles. The number of benzene rings is 1. The number of aromatic nitrogens is 1. The third-order valence-corrected chi connectivity index (χ3v) is 7.20. The van der Waals surface area contributed by atoms with Crippen LogP contribution in [0.1, 0.15) is 35.9 Å². The van der Waals surface area contributed by atoms with Crippen LogP contribution in [0.2, 0.25) is 0 Å². The number of hydrogen-bond donors (Lipinski definition) is 2. The van der Waals surface area contributed by atoms with Crippen LogP contribution in [0.4, 0.5) is 4.39 Å². The Bertz CT molecular complexity index is 778. The van der Waals surface area contributed by atoms with E-state index in [2.05, 4.69) is 10.6 Å². The van der Waals surface area contributed by atoms with Gasteiger partial charge in [-0.2, -0.15) is 11.8 Å². The van der Waals surface area contributed by atoms with Crippen LogP contribution < -0.4 is 10.6 Å². The average molecular weight is 428 g/mol. The van der Waals surface area contributed by atoms with Gasteiger partial charge in [0.05, 0.1) is 16.6 Å². The van der Waals surface area contributed by atoms with Crippen molar-refractivity contribution in [1.29, 1.82) is 0 Å². The summed E-state index contributed by atoms with van der Waals surface area (Å²) >= 11 is 3.53. The fraction of sp³-hybridized carbons (Fsp3) is 0.474. The second-order valence-electron chi connectivity index (χ2n) is 6.78. The molecule has 1 fully saturated rings. The van der Waals surface area contributed by atoms with Crippen molar-refractivity contribution in [2.24, 2.45) is 0 Å². The van der Waals surface area contributed by atoms with Gasteiger partial charge in [-0.1, -0.05) is 0 Å². The van der Waals surface area contributed by atoms with Crippen molar-refractivity contribution in [2.75, 3.05) is 18.1 Å². The standard InChI is InChI=1S/C19H22FN3OS2.ClH/c20-13-6-4-12(5-7-13)19-23-16-3-1-2-15(18(16)26-19)22-17(24)10-14-11-25-9-8-21-14;/h4-7,14-15,21H,1-3,8-11H2,(H,22,24);1H. The van der Waals surface area contributed by atoms with E-state index in [0.717, 1.165) is 58.5 Å². The molecule has 2 atom stereocenters. The number of amides is 1. The Kier molecular flexibility index (Phi) is 7.14. The Morgan fingerprint density at radius 1 is 1.33 bits per heavy atom. The van der Waals surface area contributed by atoms with Gasteiger partial charge in [0.25, 0.3) is 0 Å². The summed E-state index contributed by atoms with van der Waals surface area (Å²) in [5, 5.41) is 7.54. The van der Waals surface area contributed by atoms with Crippen molar-refractivity contribution in [3.63, 3.8) is 0 Å². The summed E-state index contributed by atoms with van der Waals surface area (Å²) in [4.78, 5) is 18.4.